The zero-order valence-electron chi connectivity index (χ0n) is 13.4. The Balaban J connectivity index is 1.91. The molecule has 0 saturated carbocycles. The Kier molecular flexibility index (Phi) is 6.44. The fourth-order valence-electron chi connectivity index (χ4n) is 2.29. The van der Waals surface area contributed by atoms with Gasteiger partial charge in [0.25, 0.3) is 0 Å². The summed E-state index contributed by atoms with van der Waals surface area (Å²) >= 11 is 5.98. The maximum absolute atomic E-state index is 12.2. The third-order valence-corrected chi connectivity index (χ3v) is 3.45. The summed E-state index contributed by atoms with van der Waals surface area (Å²) in [7, 11) is 1.90. The summed E-state index contributed by atoms with van der Waals surface area (Å²) in [5.41, 5.74) is 1.76. The van der Waals surface area contributed by atoms with Crippen LogP contribution in [-0.4, -0.2) is 31.0 Å². The number of halogens is 1. The quantitative estimate of drug-likeness (QED) is 0.838. The molecule has 0 unspecified atom stereocenters. The summed E-state index contributed by atoms with van der Waals surface area (Å²) in [6.45, 7) is 3.41. The molecule has 4 nitrogen and oxygen atoms in total. The number of hydrogen-bond donors (Lipinski definition) is 1. The van der Waals surface area contributed by atoms with Gasteiger partial charge in [-0.1, -0.05) is 35.9 Å². The molecule has 0 aliphatic carbocycles. The molecule has 0 aliphatic rings. The molecule has 122 valence electrons. The molecule has 0 atom stereocenters. The molecule has 0 radical (unpaired) electrons. The van der Waals surface area contributed by atoms with E-state index in [2.05, 4.69) is 5.32 Å². The number of amides is 1. The van der Waals surface area contributed by atoms with E-state index in [-0.39, 0.29) is 12.5 Å². The van der Waals surface area contributed by atoms with Crippen LogP contribution in [0.1, 0.15) is 12.5 Å². The van der Waals surface area contributed by atoms with Crippen LogP contribution in [0.4, 0.5) is 5.69 Å². The van der Waals surface area contributed by atoms with E-state index in [4.69, 9.17) is 16.3 Å². The van der Waals surface area contributed by atoms with Gasteiger partial charge in [0.05, 0.1) is 18.8 Å². The van der Waals surface area contributed by atoms with Crippen molar-refractivity contribution in [2.24, 2.45) is 0 Å². The summed E-state index contributed by atoms with van der Waals surface area (Å²) < 4.78 is 5.51. The van der Waals surface area contributed by atoms with E-state index in [1.807, 2.05) is 67.4 Å². The predicted octanol–water partition coefficient (Wildman–Crippen LogP) is 3.81. The number of anilines is 1. The highest BCUT2D eigenvalue weighted by atomic mass is 35.5. The first-order valence-corrected chi connectivity index (χ1v) is 7.91. The molecular weight excluding hydrogens is 312 g/mol. The maximum Gasteiger partial charge on any atom is 0.238 e. The normalized spacial score (nSPS) is 10.6. The molecule has 0 aromatic heterocycles. The number of hydrogen-bond acceptors (Lipinski definition) is 3. The van der Waals surface area contributed by atoms with Gasteiger partial charge in [-0.3, -0.25) is 9.69 Å². The van der Waals surface area contributed by atoms with E-state index in [9.17, 15) is 4.79 Å². The minimum atomic E-state index is -0.0818. The van der Waals surface area contributed by atoms with Gasteiger partial charge in [-0.15, -0.1) is 0 Å². The van der Waals surface area contributed by atoms with Crippen molar-refractivity contribution in [3.05, 3.63) is 59.1 Å². The topological polar surface area (TPSA) is 41.6 Å². The summed E-state index contributed by atoms with van der Waals surface area (Å²) in [4.78, 5) is 14.1. The minimum absolute atomic E-state index is 0.0818. The second-order valence-corrected chi connectivity index (χ2v) is 5.72. The Morgan fingerprint density at radius 1 is 1.22 bits per heavy atom. The van der Waals surface area contributed by atoms with Gasteiger partial charge in [-0.25, -0.2) is 0 Å². The summed E-state index contributed by atoms with van der Waals surface area (Å²) in [5, 5.41) is 3.59. The van der Waals surface area contributed by atoms with Crippen molar-refractivity contribution in [3.63, 3.8) is 0 Å². The van der Waals surface area contributed by atoms with Crippen LogP contribution in [0.15, 0.2) is 48.5 Å². The molecule has 2 aromatic rings. The lowest BCUT2D eigenvalue weighted by molar-refractivity contribution is -0.117. The lowest BCUT2D eigenvalue weighted by atomic mass is 10.2. The van der Waals surface area contributed by atoms with Gasteiger partial charge in [0.1, 0.15) is 5.75 Å². The van der Waals surface area contributed by atoms with E-state index in [1.54, 1.807) is 0 Å². The number of para-hydroxylation sites is 2. The second-order valence-electron chi connectivity index (χ2n) is 5.28. The van der Waals surface area contributed by atoms with Crippen LogP contribution < -0.4 is 10.1 Å². The average Bonchev–Trinajstić information content (AvgIpc) is 2.49. The summed E-state index contributed by atoms with van der Waals surface area (Å²) in [6.07, 6.45) is 0. The van der Waals surface area contributed by atoms with Gasteiger partial charge < -0.3 is 10.1 Å². The van der Waals surface area contributed by atoms with Crippen LogP contribution in [0.3, 0.4) is 0 Å². The smallest absolute Gasteiger partial charge is 0.238 e. The minimum Gasteiger partial charge on any atom is -0.492 e. The number of carbonyl (C=O) groups excluding carboxylic acids is 1. The van der Waals surface area contributed by atoms with Crippen molar-refractivity contribution < 1.29 is 9.53 Å². The molecule has 23 heavy (non-hydrogen) atoms. The second kappa shape index (κ2) is 8.56. The van der Waals surface area contributed by atoms with Crippen LogP contribution in [0.25, 0.3) is 0 Å². The molecule has 1 N–H and O–H groups in total. The van der Waals surface area contributed by atoms with Crippen LogP contribution >= 0.6 is 11.6 Å². The fraction of sp³-hybridized carbons (Fsp3) is 0.278. The molecule has 2 aromatic carbocycles. The van der Waals surface area contributed by atoms with Crippen LogP contribution in [0, 0.1) is 0 Å². The third-order valence-electron chi connectivity index (χ3n) is 3.22. The largest absolute Gasteiger partial charge is 0.492 e. The van der Waals surface area contributed by atoms with E-state index in [1.165, 1.54) is 0 Å². The van der Waals surface area contributed by atoms with Crippen molar-refractivity contribution in [2.75, 3.05) is 25.5 Å². The van der Waals surface area contributed by atoms with Gasteiger partial charge in [0.2, 0.25) is 5.91 Å². The SMILES string of the molecule is CCOc1ccccc1NC(=O)CN(C)Cc1cccc(Cl)c1. The van der Waals surface area contributed by atoms with Gasteiger partial charge in [-0.05, 0) is 43.8 Å². The Bertz CT molecular complexity index is 661. The zero-order chi connectivity index (χ0) is 16.7. The number of nitrogens with zero attached hydrogens (tertiary/aromatic N) is 1. The molecular formula is C18H21ClN2O2. The van der Waals surface area contributed by atoms with Crippen molar-refractivity contribution >= 4 is 23.2 Å². The fourth-order valence-corrected chi connectivity index (χ4v) is 2.50. The van der Waals surface area contributed by atoms with E-state index in [0.717, 1.165) is 5.56 Å². The Labute approximate surface area is 142 Å². The molecule has 0 fully saturated rings. The van der Waals surface area contributed by atoms with Crippen molar-refractivity contribution in [1.29, 1.82) is 0 Å². The number of ether oxygens (including phenoxy) is 1. The summed E-state index contributed by atoms with van der Waals surface area (Å²) in [5.74, 6) is 0.600. The number of rotatable bonds is 7. The lowest BCUT2D eigenvalue weighted by Gasteiger charge is -2.17. The first-order valence-electron chi connectivity index (χ1n) is 7.53. The van der Waals surface area contributed by atoms with Gasteiger partial charge >= 0.3 is 0 Å². The van der Waals surface area contributed by atoms with Crippen LogP contribution in [0.2, 0.25) is 5.02 Å². The molecule has 1 amide bonds. The number of likely N-dealkylation sites (N-methyl/N-ethyl adjacent to an activating group) is 1. The molecule has 0 aliphatic heterocycles. The lowest BCUT2D eigenvalue weighted by Crippen LogP contribution is -2.30. The highest BCUT2D eigenvalue weighted by Gasteiger charge is 2.10. The Morgan fingerprint density at radius 3 is 2.74 bits per heavy atom. The van der Waals surface area contributed by atoms with Gasteiger partial charge in [0, 0.05) is 11.6 Å². The number of nitrogens with one attached hydrogen (secondary N) is 1. The van der Waals surface area contributed by atoms with Gasteiger partial charge in [-0.2, -0.15) is 0 Å². The molecule has 2 rings (SSSR count). The predicted molar refractivity (Wildman–Crippen MR) is 94.0 cm³/mol. The maximum atomic E-state index is 12.2. The van der Waals surface area contributed by atoms with E-state index < -0.39 is 0 Å². The molecule has 5 heteroatoms. The van der Waals surface area contributed by atoms with Gasteiger partial charge in [0.15, 0.2) is 0 Å². The molecule has 0 bridgehead atoms. The molecule has 0 saturated heterocycles. The Morgan fingerprint density at radius 2 is 2.00 bits per heavy atom. The van der Waals surface area contributed by atoms with Crippen molar-refractivity contribution in [2.45, 2.75) is 13.5 Å². The number of benzene rings is 2. The number of carbonyl (C=O) groups is 1. The van der Waals surface area contributed by atoms with Crippen molar-refractivity contribution in [3.8, 4) is 5.75 Å². The third kappa shape index (κ3) is 5.58. The monoisotopic (exact) mass is 332 g/mol. The molecule has 0 spiro atoms. The first kappa shape index (κ1) is 17.3. The highest BCUT2D eigenvalue weighted by molar-refractivity contribution is 6.30. The van der Waals surface area contributed by atoms with Crippen LogP contribution in [-0.2, 0) is 11.3 Å². The van der Waals surface area contributed by atoms with E-state index >= 15 is 0 Å². The zero-order valence-corrected chi connectivity index (χ0v) is 14.1. The molecule has 0 heterocycles. The van der Waals surface area contributed by atoms with Crippen LogP contribution in [0.5, 0.6) is 5.75 Å². The first-order chi connectivity index (χ1) is 11.1. The average molecular weight is 333 g/mol. The Hall–Kier alpha value is -2.04. The van der Waals surface area contributed by atoms with E-state index in [0.29, 0.717) is 29.6 Å². The van der Waals surface area contributed by atoms with Crippen molar-refractivity contribution in [1.82, 2.24) is 4.90 Å². The standard InChI is InChI=1S/C18H21ClN2O2/c1-3-23-17-10-5-4-9-16(17)20-18(22)13-21(2)12-14-7-6-8-15(19)11-14/h4-11H,3,12-13H2,1-2H3,(H,20,22). The highest BCUT2D eigenvalue weighted by Crippen LogP contribution is 2.23. The summed E-state index contributed by atoms with van der Waals surface area (Å²) in [6, 6.07) is 15.1.